The zero-order chi connectivity index (χ0) is 45.0. The summed E-state index contributed by atoms with van der Waals surface area (Å²) in [5, 5.41) is 8.88. The molecule has 1 heterocycles. The molecule has 0 N–H and O–H groups in total. The third-order valence-electron chi connectivity index (χ3n) is 10.3. The smallest absolute Gasteiger partial charge is 0.311 e. The van der Waals surface area contributed by atoms with Crippen molar-refractivity contribution in [2.75, 3.05) is 9.80 Å². The van der Waals surface area contributed by atoms with Crippen molar-refractivity contribution in [2.24, 2.45) is 0 Å². The Morgan fingerprint density at radius 3 is 0.969 bits per heavy atom. The molecule has 0 unspecified atom stereocenters. The molecule has 0 amide bonds. The number of anilines is 6. The number of benzene rings is 8. The lowest BCUT2D eigenvalue weighted by Gasteiger charge is -2.25. The molecule has 9 rings (SSSR count). The van der Waals surface area contributed by atoms with Crippen LogP contribution in [0.5, 0.6) is 0 Å². The highest BCUT2D eigenvalue weighted by atomic mass is 19.4. The molecule has 316 valence electrons. The summed E-state index contributed by atoms with van der Waals surface area (Å²) in [6, 6.07) is 59.3. The lowest BCUT2D eigenvalue weighted by Crippen LogP contribution is -2.13. The third kappa shape index (κ3) is 9.31. The van der Waals surface area contributed by atoms with E-state index in [1.165, 1.54) is 0 Å². The second kappa shape index (κ2) is 17.7. The summed E-state index contributed by atoms with van der Waals surface area (Å²) in [5.74, 6) is 12.5. The highest BCUT2D eigenvalue weighted by Gasteiger charge is 2.37. The van der Waals surface area contributed by atoms with Gasteiger partial charge in [-0.2, -0.15) is 31.1 Å². The van der Waals surface area contributed by atoms with E-state index in [1.54, 1.807) is 12.1 Å². The monoisotopic (exact) mass is 865 g/mol. The summed E-state index contributed by atoms with van der Waals surface area (Å²) in [6.45, 7) is 0. The minimum absolute atomic E-state index is 0.0644. The van der Waals surface area contributed by atoms with E-state index < -0.39 is 29.2 Å². The minimum atomic E-state index is -5.07. The second-order valence-corrected chi connectivity index (χ2v) is 14.7. The number of hydrogen-bond donors (Lipinski definition) is 0. The van der Waals surface area contributed by atoms with Crippen LogP contribution in [0.1, 0.15) is 33.4 Å². The van der Waals surface area contributed by atoms with Crippen molar-refractivity contribution in [1.82, 2.24) is 15.0 Å². The summed E-state index contributed by atoms with van der Waals surface area (Å²) in [7, 11) is 0. The van der Waals surface area contributed by atoms with Crippen molar-refractivity contribution in [3.05, 3.63) is 234 Å². The molecule has 0 spiro atoms. The Labute approximate surface area is 370 Å². The van der Waals surface area contributed by atoms with Crippen LogP contribution in [0.4, 0.5) is 60.5 Å². The molecule has 0 fully saturated rings. The van der Waals surface area contributed by atoms with Gasteiger partial charge in [-0.05, 0) is 127 Å². The second-order valence-electron chi connectivity index (χ2n) is 14.7. The van der Waals surface area contributed by atoms with E-state index in [1.807, 2.05) is 170 Å². The fourth-order valence-corrected chi connectivity index (χ4v) is 7.23. The molecule has 9 aromatic rings. The van der Waals surface area contributed by atoms with E-state index in [9.17, 15) is 26.3 Å². The highest BCUT2D eigenvalue weighted by molar-refractivity contribution is 5.87. The van der Waals surface area contributed by atoms with E-state index in [-0.39, 0.29) is 17.1 Å². The molecule has 0 saturated carbocycles. The summed E-state index contributed by atoms with van der Waals surface area (Å²) >= 11 is 0. The number of para-hydroxylation sites is 4. The topological polar surface area (TPSA) is 37.2 Å². The normalized spacial score (nSPS) is 11.3. The Balaban J connectivity index is 1.09. The van der Waals surface area contributed by atoms with Crippen molar-refractivity contribution in [3.8, 4) is 29.4 Å². The van der Waals surface area contributed by atoms with Gasteiger partial charge in [0.05, 0.1) is 27.9 Å². The molecule has 0 bridgehead atoms. The third-order valence-corrected chi connectivity index (χ3v) is 10.3. The van der Waals surface area contributed by atoms with Gasteiger partial charge in [-0.1, -0.05) is 96.5 Å². The van der Waals surface area contributed by atoms with E-state index in [0.717, 1.165) is 38.9 Å². The van der Waals surface area contributed by atoms with E-state index in [0.29, 0.717) is 34.4 Å². The standard InChI is InChI=1S/C54H33F6N5/c55-53(56,57)42-35-43(54(58,59)60)37-50(36-42)65-61-51-40(27-21-38-23-31-48(32-24-38)63(44-13-5-1-6-14-44)45-15-7-2-8-16-45)29-30-41(52(51)62-65)28-22-39-25-33-49(34-26-39)64(46-17-9-3-10-18-46)47-19-11-4-12-20-47/h1-20,23-26,29-37H. The molecule has 5 nitrogen and oxygen atoms in total. The van der Waals surface area contributed by atoms with Crippen LogP contribution in [0, 0.1) is 23.7 Å². The minimum Gasteiger partial charge on any atom is -0.311 e. The Morgan fingerprint density at radius 1 is 0.354 bits per heavy atom. The first-order chi connectivity index (χ1) is 31.5. The van der Waals surface area contributed by atoms with E-state index >= 15 is 0 Å². The van der Waals surface area contributed by atoms with Crippen LogP contribution in [0.2, 0.25) is 0 Å². The Bertz CT molecular complexity index is 2930. The molecular weight excluding hydrogens is 833 g/mol. The first kappa shape index (κ1) is 41.8. The van der Waals surface area contributed by atoms with Crippen molar-refractivity contribution < 1.29 is 26.3 Å². The maximum absolute atomic E-state index is 13.9. The summed E-state index contributed by atoms with van der Waals surface area (Å²) in [4.78, 5) is 4.98. The van der Waals surface area contributed by atoms with Crippen molar-refractivity contribution in [1.29, 1.82) is 0 Å². The maximum atomic E-state index is 13.9. The first-order valence-corrected chi connectivity index (χ1v) is 20.2. The van der Waals surface area contributed by atoms with Gasteiger partial charge in [-0.3, -0.25) is 0 Å². The van der Waals surface area contributed by atoms with Gasteiger partial charge in [0.2, 0.25) is 0 Å². The predicted octanol–water partition coefficient (Wildman–Crippen LogP) is 14.2. The summed E-state index contributed by atoms with van der Waals surface area (Å²) in [6.07, 6.45) is -10.1. The fraction of sp³-hybridized carbons (Fsp3) is 0.0370. The fourth-order valence-electron chi connectivity index (χ4n) is 7.23. The zero-order valence-corrected chi connectivity index (χ0v) is 34.1. The number of rotatable bonds is 7. The summed E-state index contributed by atoms with van der Waals surface area (Å²) < 4.78 is 83.6. The van der Waals surface area contributed by atoms with Crippen LogP contribution >= 0.6 is 0 Å². The molecule has 0 radical (unpaired) electrons. The molecular formula is C54H33F6N5. The van der Waals surface area contributed by atoms with Crippen LogP contribution in [0.3, 0.4) is 0 Å². The molecule has 8 aromatic carbocycles. The van der Waals surface area contributed by atoms with Crippen LogP contribution in [0.15, 0.2) is 200 Å². The molecule has 0 atom stereocenters. The molecule has 0 aliphatic carbocycles. The van der Waals surface area contributed by atoms with Crippen molar-refractivity contribution in [3.63, 3.8) is 0 Å². The van der Waals surface area contributed by atoms with Crippen LogP contribution in [0.25, 0.3) is 16.7 Å². The predicted molar refractivity (Wildman–Crippen MR) is 243 cm³/mol. The zero-order valence-electron chi connectivity index (χ0n) is 34.1. The molecule has 0 aliphatic heterocycles. The average molecular weight is 866 g/mol. The number of alkyl halides is 6. The van der Waals surface area contributed by atoms with E-state index in [2.05, 4.69) is 43.7 Å². The van der Waals surface area contributed by atoms with Gasteiger partial charge in [0.1, 0.15) is 11.0 Å². The van der Waals surface area contributed by atoms with Gasteiger partial charge in [0, 0.05) is 45.3 Å². The largest absolute Gasteiger partial charge is 0.416 e. The number of fused-ring (bicyclic) bond motifs is 1. The number of nitrogens with zero attached hydrogens (tertiary/aromatic N) is 5. The van der Waals surface area contributed by atoms with Gasteiger partial charge >= 0.3 is 12.4 Å². The van der Waals surface area contributed by atoms with Gasteiger partial charge in [0.15, 0.2) is 0 Å². The summed E-state index contributed by atoms with van der Waals surface area (Å²) in [5.41, 5.74) is 4.36. The Morgan fingerprint density at radius 2 is 0.662 bits per heavy atom. The van der Waals surface area contributed by atoms with Crippen LogP contribution in [-0.4, -0.2) is 15.0 Å². The maximum Gasteiger partial charge on any atom is 0.416 e. The average Bonchev–Trinajstić information content (AvgIpc) is 3.79. The molecule has 11 heteroatoms. The van der Waals surface area contributed by atoms with Crippen LogP contribution < -0.4 is 9.80 Å². The van der Waals surface area contributed by atoms with Gasteiger partial charge in [-0.15, -0.1) is 10.2 Å². The molecule has 65 heavy (non-hydrogen) atoms. The Kier molecular flexibility index (Phi) is 11.4. The number of aromatic nitrogens is 3. The lowest BCUT2D eigenvalue weighted by molar-refractivity contribution is -0.143. The number of halogens is 6. The van der Waals surface area contributed by atoms with Crippen molar-refractivity contribution >= 4 is 45.2 Å². The highest BCUT2D eigenvalue weighted by Crippen LogP contribution is 2.38. The lowest BCUT2D eigenvalue weighted by atomic mass is 10.1. The molecule has 0 saturated heterocycles. The molecule has 1 aromatic heterocycles. The SMILES string of the molecule is FC(F)(F)c1cc(-n2nc3c(C#Cc4ccc(N(c5ccccc5)c5ccccc5)cc4)ccc(C#Cc4ccc(N(c5ccccc5)c5ccccc5)cc4)c3n2)cc(C(F)(F)F)c1. The van der Waals surface area contributed by atoms with Gasteiger partial charge in [-0.25, -0.2) is 0 Å². The Hall–Kier alpha value is -8.54. The van der Waals surface area contributed by atoms with E-state index in [4.69, 9.17) is 0 Å². The van der Waals surface area contributed by atoms with Crippen molar-refractivity contribution in [2.45, 2.75) is 12.4 Å². The van der Waals surface area contributed by atoms with Gasteiger partial charge in [0.25, 0.3) is 0 Å². The van der Waals surface area contributed by atoms with Gasteiger partial charge < -0.3 is 9.80 Å². The van der Waals surface area contributed by atoms with Crippen LogP contribution in [-0.2, 0) is 12.4 Å². The molecule has 0 aliphatic rings. The quantitative estimate of drug-likeness (QED) is 0.118. The first-order valence-electron chi connectivity index (χ1n) is 20.2. The number of hydrogen-bond acceptors (Lipinski definition) is 4.